The van der Waals surface area contributed by atoms with Crippen LogP contribution in [0.4, 0.5) is 0 Å². The molecule has 0 radical (unpaired) electrons. The standard InChI is InChI=1S/C63H122O17P2/c1-9-56(8)42-34-26-17-11-13-19-30-38-46-63(68)80-59(50-74-61(66)44-36-28-22-21-25-33-41-55(6)7)52-78-82(71,72)76-48-57(64)47-75-81(69,70)77-51-58(49-73-60(65)43-35-27-20-14-16-24-32-40-54(4)5)79-62(67)45-37-29-18-12-10-15-23-31-39-53(2)3/h53-59,64H,9-52H2,1-8H3,(H,69,70)(H,71,72)/t56?,57-,58-,59-/m1/s1. The minimum absolute atomic E-state index is 0.103. The number of hydrogen-bond acceptors (Lipinski definition) is 15. The topological polar surface area (TPSA) is 237 Å². The zero-order valence-electron chi connectivity index (χ0n) is 53.1. The number of hydrogen-bond donors (Lipinski definition) is 3. The van der Waals surface area contributed by atoms with Gasteiger partial charge in [0.15, 0.2) is 12.2 Å². The average Bonchev–Trinajstić information content (AvgIpc) is 3.45. The zero-order valence-corrected chi connectivity index (χ0v) is 54.9. The SMILES string of the molecule is CCC(C)CCCCCCCCCCC(=O)O[C@H](COC(=O)CCCCCCCCC(C)C)COP(=O)(O)OC[C@H](O)COP(=O)(O)OC[C@@H](COC(=O)CCCCCCCCCC(C)C)OC(=O)CCCCCCCCCCC(C)C. The van der Waals surface area contributed by atoms with Crippen molar-refractivity contribution in [3.05, 3.63) is 0 Å². The maximum absolute atomic E-state index is 13.0. The molecule has 0 heterocycles. The van der Waals surface area contributed by atoms with Crippen molar-refractivity contribution < 1.29 is 80.2 Å². The van der Waals surface area contributed by atoms with Crippen molar-refractivity contribution in [3.8, 4) is 0 Å². The summed E-state index contributed by atoms with van der Waals surface area (Å²) in [5.41, 5.74) is 0. The minimum Gasteiger partial charge on any atom is -0.462 e. The minimum atomic E-state index is -4.94. The lowest BCUT2D eigenvalue weighted by Crippen LogP contribution is -2.30. The Morgan fingerprint density at radius 1 is 0.341 bits per heavy atom. The lowest BCUT2D eigenvalue weighted by atomic mass is 9.99. The lowest BCUT2D eigenvalue weighted by Gasteiger charge is -2.21. The first-order valence-electron chi connectivity index (χ1n) is 32.7. The smallest absolute Gasteiger partial charge is 0.462 e. The maximum Gasteiger partial charge on any atom is 0.472 e. The second kappa shape index (κ2) is 53.3. The van der Waals surface area contributed by atoms with Gasteiger partial charge in [-0.15, -0.1) is 0 Å². The second-order valence-electron chi connectivity index (χ2n) is 24.5. The third kappa shape index (κ3) is 55.9. The summed E-state index contributed by atoms with van der Waals surface area (Å²) >= 11 is 0. The van der Waals surface area contributed by atoms with E-state index in [0.29, 0.717) is 37.5 Å². The van der Waals surface area contributed by atoms with Gasteiger partial charge in [0, 0.05) is 25.7 Å². The second-order valence-corrected chi connectivity index (χ2v) is 27.4. The average molecular weight is 1210 g/mol. The van der Waals surface area contributed by atoms with Gasteiger partial charge in [0.05, 0.1) is 26.4 Å². The molecule has 19 heteroatoms. The van der Waals surface area contributed by atoms with E-state index in [1.165, 1.54) is 89.9 Å². The van der Waals surface area contributed by atoms with Crippen LogP contribution >= 0.6 is 15.6 Å². The van der Waals surface area contributed by atoms with E-state index in [2.05, 4.69) is 55.4 Å². The van der Waals surface area contributed by atoms with Gasteiger partial charge in [-0.3, -0.25) is 37.3 Å². The largest absolute Gasteiger partial charge is 0.472 e. The molecule has 0 bridgehead atoms. The normalized spacial score (nSPS) is 14.8. The highest BCUT2D eigenvalue weighted by atomic mass is 31.2. The lowest BCUT2D eigenvalue weighted by molar-refractivity contribution is -0.161. The van der Waals surface area contributed by atoms with E-state index in [-0.39, 0.29) is 25.7 Å². The fourth-order valence-electron chi connectivity index (χ4n) is 9.22. The molecule has 0 aromatic rings. The van der Waals surface area contributed by atoms with Gasteiger partial charge in [-0.2, -0.15) is 0 Å². The van der Waals surface area contributed by atoms with Gasteiger partial charge in [-0.05, 0) is 49.4 Å². The van der Waals surface area contributed by atoms with Gasteiger partial charge in [-0.1, -0.05) is 248 Å². The molecular weight excluding hydrogens is 1090 g/mol. The van der Waals surface area contributed by atoms with Gasteiger partial charge >= 0.3 is 39.5 Å². The Morgan fingerprint density at radius 3 is 0.866 bits per heavy atom. The van der Waals surface area contributed by atoms with Crippen molar-refractivity contribution >= 4 is 39.5 Å². The number of phosphoric acid groups is 2. The first-order valence-corrected chi connectivity index (χ1v) is 35.7. The van der Waals surface area contributed by atoms with Crippen LogP contribution in [0, 0.1) is 23.7 Å². The zero-order chi connectivity index (χ0) is 61.1. The Kier molecular flexibility index (Phi) is 52.0. The number of aliphatic hydroxyl groups excluding tert-OH is 1. The van der Waals surface area contributed by atoms with Crippen LogP contribution in [0.3, 0.4) is 0 Å². The fraction of sp³-hybridized carbons (Fsp3) is 0.937. The molecule has 6 atom stereocenters. The molecule has 0 aliphatic rings. The molecule has 0 saturated carbocycles. The third-order valence-electron chi connectivity index (χ3n) is 14.7. The first-order chi connectivity index (χ1) is 39.1. The molecule has 0 spiro atoms. The maximum atomic E-state index is 13.0. The van der Waals surface area contributed by atoms with Crippen molar-refractivity contribution in [3.63, 3.8) is 0 Å². The predicted octanol–water partition coefficient (Wildman–Crippen LogP) is 17.0. The van der Waals surface area contributed by atoms with Crippen LogP contribution in [-0.4, -0.2) is 96.7 Å². The summed E-state index contributed by atoms with van der Waals surface area (Å²) in [6.45, 7) is 13.9. The number of ether oxygens (including phenoxy) is 4. The van der Waals surface area contributed by atoms with Crippen molar-refractivity contribution in [2.75, 3.05) is 39.6 Å². The number of carbonyl (C=O) groups excluding carboxylic acids is 4. The molecule has 0 saturated heterocycles. The van der Waals surface area contributed by atoms with Gasteiger partial charge in [0.2, 0.25) is 0 Å². The number of aliphatic hydroxyl groups is 1. The Hall–Kier alpha value is -1.94. The van der Waals surface area contributed by atoms with Crippen LogP contribution in [0.2, 0.25) is 0 Å². The molecule has 17 nitrogen and oxygen atoms in total. The Bertz CT molecular complexity index is 1650. The van der Waals surface area contributed by atoms with Crippen LogP contribution in [0.5, 0.6) is 0 Å². The fourth-order valence-corrected chi connectivity index (χ4v) is 10.8. The quantitative estimate of drug-likeness (QED) is 0.0222. The van der Waals surface area contributed by atoms with E-state index in [0.717, 1.165) is 115 Å². The molecule has 0 amide bonds. The van der Waals surface area contributed by atoms with Gasteiger partial charge < -0.3 is 33.8 Å². The summed E-state index contributed by atoms with van der Waals surface area (Å²) in [5.74, 6) is 0.728. The molecule has 0 fully saturated rings. The number of unbranched alkanes of at least 4 members (excludes halogenated alkanes) is 25. The summed E-state index contributed by atoms with van der Waals surface area (Å²) in [7, 11) is -9.89. The molecular formula is C63H122O17P2. The molecule has 82 heavy (non-hydrogen) atoms. The molecule has 0 aliphatic carbocycles. The summed E-state index contributed by atoms with van der Waals surface area (Å²) in [4.78, 5) is 72.1. The van der Waals surface area contributed by atoms with Crippen LogP contribution in [0.15, 0.2) is 0 Å². The molecule has 0 aromatic heterocycles. The van der Waals surface area contributed by atoms with E-state index >= 15 is 0 Å². The monoisotopic (exact) mass is 1210 g/mol. The molecule has 3 N–H and O–H groups in total. The highest BCUT2D eigenvalue weighted by Gasteiger charge is 2.30. The Labute approximate surface area is 498 Å². The van der Waals surface area contributed by atoms with E-state index < -0.39 is 97.5 Å². The number of carbonyl (C=O) groups is 4. The van der Waals surface area contributed by atoms with E-state index in [1.54, 1.807) is 0 Å². The molecule has 0 aromatic carbocycles. The first kappa shape index (κ1) is 80.1. The van der Waals surface area contributed by atoms with Crippen LogP contribution < -0.4 is 0 Å². The van der Waals surface area contributed by atoms with Gasteiger partial charge in [0.1, 0.15) is 19.3 Å². The van der Waals surface area contributed by atoms with Gasteiger partial charge in [-0.25, -0.2) is 9.13 Å². The molecule has 0 aliphatic heterocycles. The van der Waals surface area contributed by atoms with Gasteiger partial charge in [0.25, 0.3) is 0 Å². The van der Waals surface area contributed by atoms with E-state index in [1.807, 2.05) is 0 Å². The molecule has 486 valence electrons. The summed E-state index contributed by atoms with van der Waals surface area (Å²) in [6, 6.07) is 0. The van der Waals surface area contributed by atoms with Crippen LogP contribution in [-0.2, 0) is 65.4 Å². The number of esters is 4. The summed E-state index contributed by atoms with van der Waals surface area (Å²) in [5, 5.41) is 10.5. The predicted molar refractivity (Wildman–Crippen MR) is 326 cm³/mol. The third-order valence-corrected chi connectivity index (χ3v) is 16.6. The van der Waals surface area contributed by atoms with Crippen molar-refractivity contribution in [2.24, 2.45) is 23.7 Å². The Morgan fingerprint density at radius 2 is 0.585 bits per heavy atom. The summed E-state index contributed by atoms with van der Waals surface area (Å²) < 4.78 is 67.9. The number of rotatable bonds is 60. The molecule has 0 rings (SSSR count). The number of phosphoric ester groups is 2. The Balaban J connectivity index is 5.26. The van der Waals surface area contributed by atoms with Crippen molar-refractivity contribution in [1.82, 2.24) is 0 Å². The van der Waals surface area contributed by atoms with Crippen molar-refractivity contribution in [1.29, 1.82) is 0 Å². The highest BCUT2D eigenvalue weighted by molar-refractivity contribution is 7.47. The van der Waals surface area contributed by atoms with Crippen molar-refractivity contribution in [2.45, 2.75) is 318 Å². The highest BCUT2D eigenvalue weighted by Crippen LogP contribution is 2.45. The molecule has 3 unspecified atom stereocenters. The van der Waals surface area contributed by atoms with Crippen LogP contribution in [0.25, 0.3) is 0 Å². The van der Waals surface area contributed by atoms with E-state index in [9.17, 15) is 43.2 Å². The van der Waals surface area contributed by atoms with E-state index in [4.69, 9.17) is 37.0 Å². The van der Waals surface area contributed by atoms with Crippen LogP contribution in [0.1, 0.15) is 299 Å². The summed E-state index contributed by atoms with van der Waals surface area (Å²) in [6.07, 6.45) is 32.3.